The van der Waals surface area contributed by atoms with E-state index in [1.54, 1.807) is 17.0 Å². The van der Waals surface area contributed by atoms with Gasteiger partial charge in [-0.1, -0.05) is 0 Å². The Hall–Kier alpha value is -1.89. The topological polar surface area (TPSA) is 79.3 Å². The number of hydrogen-bond donors (Lipinski definition) is 2. The Morgan fingerprint density at radius 2 is 2.33 bits per heavy atom. The molecule has 1 saturated heterocycles. The first-order valence-corrected chi connectivity index (χ1v) is 7.38. The molecule has 0 saturated carbocycles. The van der Waals surface area contributed by atoms with Crippen LogP contribution in [0.2, 0.25) is 0 Å². The average Bonchev–Trinajstić information content (AvgIpc) is 2.47. The van der Waals surface area contributed by atoms with Gasteiger partial charge in [-0.15, -0.1) is 0 Å². The van der Waals surface area contributed by atoms with E-state index in [1.165, 1.54) is 0 Å². The molecule has 1 fully saturated rings. The maximum absolute atomic E-state index is 12.5. The van der Waals surface area contributed by atoms with Gasteiger partial charge in [-0.3, -0.25) is 9.59 Å². The molecule has 2 rings (SSSR count). The zero-order valence-electron chi connectivity index (χ0n) is 12.8. The molecule has 116 valence electrons. The highest BCUT2D eigenvalue weighted by Crippen LogP contribution is 2.12. The predicted molar refractivity (Wildman–Crippen MR) is 81.6 cm³/mol. The van der Waals surface area contributed by atoms with Crippen molar-refractivity contribution in [2.75, 3.05) is 31.1 Å². The first-order valence-electron chi connectivity index (χ1n) is 7.38. The van der Waals surface area contributed by atoms with Gasteiger partial charge < -0.3 is 20.1 Å². The molecule has 1 aromatic rings. The van der Waals surface area contributed by atoms with Gasteiger partial charge in [-0.25, -0.2) is 4.98 Å². The van der Waals surface area contributed by atoms with Crippen molar-refractivity contribution in [2.45, 2.75) is 32.9 Å². The van der Waals surface area contributed by atoms with E-state index in [4.69, 9.17) is 0 Å². The summed E-state index contributed by atoms with van der Waals surface area (Å²) < 4.78 is 1.64. The fourth-order valence-electron chi connectivity index (χ4n) is 2.50. The molecule has 0 radical (unpaired) electrons. The van der Waals surface area contributed by atoms with Crippen LogP contribution in [0.25, 0.3) is 0 Å². The highest BCUT2D eigenvalue weighted by molar-refractivity contribution is 5.85. The molecular formula is C14H23N5O2. The maximum atomic E-state index is 12.5. The number of nitrogens with one attached hydrogen (secondary N) is 2. The van der Waals surface area contributed by atoms with Crippen LogP contribution in [0.1, 0.15) is 26.8 Å². The summed E-state index contributed by atoms with van der Waals surface area (Å²) in [6, 6.07) is -0.341. The van der Waals surface area contributed by atoms with E-state index in [0.29, 0.717) is 25.5 Å². The van der Waals surface area contributed by atoms with E-state index in [9.17, 15) is 9.59 Å². The highest BCUT2D eigenvalue weighted by atomic mass is 16.2. The van der Waals surface area contributed by atoms with Crippen molar-refractivity contribution >= 4 is 11.7 Å². The van der Waals surface area contributed by atoms with Crippen LogP contribution in [0.15, 0.2) is 17.2 Å². The first kappa shape index (κ1) is 15.5. The molecule has 1 aromatic heterocycles. The molecule has 0 aliphatic carbocycles. The van der Waals surface area contributed by atoms with Crippen LogP contribution in [0, 0.1) is 0 Å². The van der Waals surface area contributed by atoms with Crippen molar-refractivity contribution in [1.29, 1.82) is 0 Å². The third-order valence-electron chi connectivity index (χ3n) is 3.58. The molecule has 7 heteroatoms. The number of carbonyl (C=O) groups is 1. The Kier molecular flexibility index (Phi) is 4.95. The van der Waals surface area contributed by atoms with Gasteiger partial charge in [0.15, 0.2) is 5.82 Å². The zero-order chi connectivity index (χ0) is 15.4. The average molecular weight is 293 g/mol. The number of anilines is 1. The summed E-state index contributed by atoms with van der Waals surface area (Å²) in [4.78, 5) is 30.8. The number of aromatic nitrogens is 2. The standard InChI is InChI=1S/C14H23N5O2/c1-4-16-13(20)11-9-15-5-7-19(11)12-14(21)18(10(2)3)8-6-17-12/h6,8,10-11,15H,4-5,7,9H2,1-3H3,(H,16,20). The Morgan fingerprint density at radius 3 is 3.00 bits per heavy atom. The summed E-state index contributed by atoms with van der Waals surface area (Å²) in [5.74, 6) is 0.273. The molecule has 1 amide bonds. The summed E-state index contributed by atoms with van der Waals surface area (Å²) in [6.07, 6.45) is 3.30. The fourth-order valence-corrected chi connectivity index (χ4v) is 2.50. The molecule has 2 heterocycles. The molecule has 1 atom stereocenters. The molecule has 0 spiro atoms. The van der Waals surface area contributed by atoms with Crippen molar-refractivity contribution in [1.82, 2.24) is 20.2 Å². The second kappa shape index (κ2) is 6.71. The lowest BCUT2D eigenvalue weighted by Crippen LogP contribution is -2.59. The molecule has 2 N–H and O–H groups in total. The monoisotopic (exact) mass is 293 g/mol. The largest absolute Gasteiger partial charge is 0.355 e. The smallest absolute Gasteiger partial charge is 0.293 e. The summed E-state index contributed by atoms with van der Waals surface area (Å²) >= 11 is 0. The minimum Gasteiger partial charge on any atom is -0.355 e. The van der Waals surface area contributed by atoms with E-state index in [-0.39, 0.29) is 17.5 Å². The Morgan fingerprint density at radius 1 is 1.57 bits per heavy atom. The molecule has 1 aliphatic rings. The van der Waals surface area contributed by atoms with Gasteiger partial charge in [0.25, 0.3) is 5.56 Å². The van der Waals surface area contributed by atoms with Crippen LogP contribution in [-0.4, -0.2) is 47.7 Å². The lowest BCUT2D eigenvalue weighted by Gasteiger charge is -2.35. The normalized spacial score (nSPS) is 18.9. The number of amides is 1. The second-order valence-electron chi connectivity index (χ2n) is 5.36. The Labute approximate surface area is 124 Å². The Balaban J connectivity index is 2.36. The van der Waals surface area contributed by atoms with Crippen LogP contribution in [0.5, 0.6) is 0 Å². The number of likely N-dealkylation sites (N-methyl/N-ethyl adjacent to an activating group) is 1. The second-order valence-corrected chi connectivity index (χ2v) is 5.36. The van der Waals surface area contributed by atoms with E-state index in [0.717, 1.165) is 6.54 Å². The first-order chi connectivity index (χ1) is 10.1. The summed E-state index contributed by atoms with van der Waals surface area (Å²) in [5.41, 5.74) is -0.149. The van der Waals surface area contributed by atoms with Crippen LogP contribution in [0.3, 0.4) is 0 Å². The molecule has 0 bridgehead atoms. The molecule has 7 nitrogen and oxygen atoms in total. The van der Waals surface area contributed by atoms with E-state index in [2.05, 4.69) is 15.6 Å². The minimum absolute atomic E-state index is 0.0603. The SMILES string of the molecule is CCNC(=O)C1CNCCN1c1nccn(C(C)C)c1=O. The van der Waals surface area contributed by atoms with Crippen molar-refractivity contribution < 1.29 is 4.79 Å². The minimum atomic E-state index is -0.401. The zero-order valence-corrected chi connectivity index (χ0v) is 12.8. The van der Waals surface area contributed by atoms with Crippen molar-refractivity contribution in [2.24, 2.45) is 0 Å². The van der Waals surface area contributed by atoms with E-state index in [1.807, 2.05) is 25.7 Å². The van der Waals surface area contributed by atoms with Gasteiger partial charge in [-0.05, 0) is 20.8 Å². The number of carbonyl (C=O) groups excluding carboxylic acids is 1. The van der Waals surface area contributed by atoms with E-state index >= 15 is 0 Å². The molecule has 0 aromatic carbocycles. The van der Waals surface area contributed by atoms with Crippen molar-refractivity contribution in [3.63, 3.8) is 0 Å². The maximum Gasteiger partial charge on any atom is 0.293 e. The summed E-state index contributed by atoms with van der Waals surface area (Å²) in [7, 11) is 0. The van der Waals surface area contributed by atoms with Gasteiger partial charge in [-0.2, -0.15) is 0 Å². The van der Waals surface area contributed by atoms with Crippen LogP contribution >= 0.6 is 0 Å². The van der Waals surface area contributed by atoms with Gasteiger partial charge in [0.05, 0.1) is 0 Å². The van der Waals surface area contributed by atoms with Gasteiger partial charge in [0.2, 0.25) is 5.91 Å². The lowest BCUT2D eigenvalue weighted by atomic mass is 10.1. The third-order valence-corrected chi connectivity index (χ3v) is 3.58. The molecule has 21 heavy (non-hydrogen) atoms. The quantitative estimate of drug-likeness (QED) is 0.799. The van der Waals surface area contributed by atoms with Crippen LogP contribution in [0.4, 0.5) is 5.82 Å². The number of rotatable bonds is 4. The van der Waals surface area contributed by atoms with Crippen LogP contribution < -0.4 is 21.1 Å². The fraction of sp³-hybridized carbons (Fsp3) is 0.643. The molecular weight excluding hydrogens is 270 g/mol. The number of piperazine rings is 1. The molecule has 1 unspecified atom stereocenters. The van der Waals surface area contributed by atoms with Crippen molar-refractivity contribution in [3.8, 4) is 0 Å². The number of nitrogens with zero attached hydrogens (tertiary/aromatic N) is 3. The van der Waals surface area contributed by atoms with Crippen molar-refractivity contribution in [3.05, 3.63) is 22.7 Å². The van der Waals surface area contributed by atoms with Gasteiger partial charge in [0.1, 0.15) is 6.04 Å². The molecule has 1 aliphatic heterocycles. The summed E-state index contributed by atoms with van der Waals surface area (Å²) in [6.45, 7) is 8.18. The van der Waals surface area contributed by atoms with E-state index < -0.39 is 6.04 Å². The third kappa shape index (κ3) is 3.24. The Bertz CT molecular complexity index is 555. The van der Waals surface area contributed by atoms with Gasteiger partial charge in [0, 0.05) is 44.6 Å². The van der Waals surface area contributed by atoms with Crippen LogP contribution in [-0.2, 0) is 4.79 Å². The summed E-state index contributed by atoms with van der Waals surface area (Å²) in [5, 5.41) is 6.01. The number of hydrogen-bond acceptors (Lipinski definition) is 5. The highest BCUT2D eigenvalue weighted by Gasteiger charge is 2.31. The predicted octanol–water partition coefficient (Wildman–Crippen LogP) is -0.261. The lowest BCUT2D eigenvalue weighted by molar-refractivity contribution is -0.122. The van der Waals surface area contributed by atoms with Gasteiger partial charge >= 0.3 is 0 Å².